The Morgan fingerprint density at radius 2 is 2.00 bits per heavy atom. The van der Waals surface area contributed by atoms with Crippen molar-refractivity contribution in [1.82, 2.24) is 14.9 Å². The van der Waals surface area contributed by atoms with Crippen LogP contribution in [-0.4, -0.2) is 40.7 Å². The molecule has 2 aromatic rings. The minimum absolute atomic E-state index is 0.0381. The standard InChI is InChI=1S/C22H25N3O3/c1-22(10-15-3-6-18-19(9-15)28-14-27-18)7-2-8-25(13-22)21(26)17-11-23-20(24-12-17)16-4-5-16/h3,6,9,11-12,16H,2,4-5,7-8,10,13-14H2,1H3/t22-/m1/s1. The lowest BCUT2D eigenvalue weighted by Crippen LogP contribution is -2.45. The van der Waals surface area contributed by atoms with E-state index in [2.05, 4.69) is 29.0 Å². The summed E-state index contributed by atoms with van der Waals surface area (Å²) < 4.78 is 10.9. The maximum atomic E-state index is 13.0. The molecule has 0 radical (unpaired) electrons. The smallest absolute Gasteiger partial charge is 0.257 e. The first-order chi connectivity index (χ1) is 13.6. The lowest BCUT2D eigenvalue weighted by Gasteiger charge is -2.40. The Hall–Kier alpha value is -2.63. The molecule has 5 rings (SSSR count). The van der Waals surface area contributed by atoms with Gasteiger partial charge in [0.05, 0.1) is 5.56 Å². The number of fused-ring (bicyclic) bond motifs is 1. The van der Waals surface area contributed by atoms with Crippen LogP contribution >= 0.6 is 0 Å². The lowest BCUT2D eigenvalue weighted by molar-refractivity contribution is 0.0549. The minimum Gasteiger partial charge on any atom is -0.454 e. The zero-order valence-corrected chi connectivity index (χ0v) is 16.2. The zero-order chi connectivity index (χ0) is 19.1. The molecule has 0 bridgehead atoms. The minimum atomic E-state index is 0.0381. The molecule has 6 nitrogen and oxygen atoms in total. The third-order valence-corrected chi connectivity index (χ3v) is 6.00. The van der Waals surface area contributed by atoms with Gasteiger partial charge in [0.15, 0.2) is 11.5 Å². The molecule has 3 heterocycles. The highest BCUT2D eigenvalue weighted by Gasteiger charge is 2.34. The molecule has 1 aliphatic carbocycles. The van der Waals surface area contributed by atoms with Crippen LogP contribution in [0.2, 0.25) is 0 Å². The van der Waals surface area contributed by atoms with Crippen molar-refractivity contribution in [2.45, 2.75) is 44.9 Å². The molecule has 28 heavy (non-hydrogen) atoms. The van der Waals surface area contributed by atoms with Gasteiger partial charge in [0.25, 0.3) is 5.91 Å². The molecule has 1 saturated carbocycles. The van der Waals surface area contributed by atoms with Crippen molar-refractivity contribution < 1.29 is 14.3 Å². The van der Waals surface area contributed by atoms with Crippen LogP contribution in [0.3, 0.4) is 0 Å². The molecule has 1 aromatic carbocycles. The molecule has 2 aliphatic heterocycles. The Morgan fingerprint density at radius 3 is 2.79 bits per heavy atom. The second-order valence-corrected chi connectivity index (χ2v) is 8.61. The third kappa shape index (κ3) is 3.43. The van der Waals surface area contributed by atoms with E-state index in [4.69, 9.17) is 9.47 Å². The number of amides is 1. The molecular formula is C22H25N3O3. The molecule has 1 saturated heterocycles. The average Bonchev–Trinajstić information content (AvgIpc) is 3.45. The number of hydrogen-bond donors (Lipinski definition) is 0. The predicted octanol–water partition coefficient (Wildman–Crippen LogP) is 3.57. The Labute approximate surface area is 164 Å². The predicted molar refractivity (Wildman–Crippen MR) is 104 cm³/mol. The van der Waals surface area contributed by atoms with Gasteiger partial charge in [-0.05, 0) is 55.2 Å². The largest absolute Gasteiger partial charge is 0.454 e. The second kappa shape index (κ2) is 6.76. The van der Waals surface area contributed by atoms with Gasteiger partial charge in [-0.15, -0.1) is 0 Å². The zero-order valence-electron chi connectivity index (χ0n) is 16.2. The van der Waals surface area contributed by atoms with Crippen molar-refractivity contribution in [3.8, 4) is 11.5 Å². The molecule has 0 unspecified atom stereocenters. The summed E-state index contributed by atoms with van der Waals surface area (Å²) in [5.41, 5.74) is 1.85. The molecule has 2 fully saturated rings. The number of carbonyl (C=O) groups excluding carboxylic acids is 1. The SMILES string of the molecule is C[C@]1(Cc2ccc3c(c2)OCO3)CCCN(C(=O)c2cnc(C3CC3)nc2)C1. The molecule has 0 N–H and O–H groups in total. The van der Waals surface area contributed by atoms with Crippen molar-refractivity contribution in [3.63, 3.8) is 0 Å². The Kier molecular flexibility index (Phi) is 4.22. The van der Waals surface area contributed by atoms with Crippen LogP contribution in [0.4, 0.5) is 0 Å². The number of likely N-dealkylation sites (tertiary alicyclic amines) is 1. The van der Waals surface area contributed by atoms with E-state index in [9.17, 15) is 4.79 Å². The van der Waals surface area contributed by atoms with Gasteiger partial charge in [-0.1, -0.05) is 13.0 Å². The fourth-order valence-electron chi connectivity index (χ4n) is 4.36. The van der Waals surface area contributed by atoms with Gasteiger partial charge in [-0.3, -0.25) is 4.79 Å². The van der Waals surface area contributed by atoms with Crippen molar-refractivity contribution in [1.29, 1.82) is 0 Å². The summed E-state index contributed by atoms with van der Waals surface area (Å²) in [4.78, 5) is 23.8. The van der Waals surface area contributed by atoms with Crippen LogP contribution in [0.5, 0.6) is 11.5 Å². The lowest BCUT2D eigenvalue weighted by atomic mass is 9.76. The van der Waals surface area contributed by atoms with Crippen molar-refractivity contribution in [2.24, 2.45) is 5.41 Å². The summed E-state index contributed by atoms with van der Waals surface area (Å²) in [7, 11) is 0. The quantitative estimate of drug-likeness (QED) is 0.813. The molecule has 146 valence electrons. The molecule has 1 atom stereocenters. The van der Waals surface area contributed by atoms with Gasteiger partial charge in [0, 0.05) is 31.4 Å². The number of ether oxygens (including phenoxy) is 2. The highest BCUT2D eigenvalue weighted by Crippen LogP contribution is 2.39. The number of piperidine rings is 1. The normalized spacial score (nSPS) is 23.7. The van der Waals surface area contributed by atoms with Gasteiger partial charge in [-0.2, -0.15) is 0 Å². The van der Waals surface area contributed by atoms with E-state index in [1.54, 1.807) is 12.4 Å². The fraction of sp³-hybridized carbons (Fsp3) is 0.500. The Balaban J connectivity index is 1.28. The van der Waals surface area contributed by atoms with Gasteiger partial charge in [-0.25, -0.2) is 9.97 Å². The maximum Gasteiger partial charge on any atom is 0.257 e. The van der Waals surface area contributed by atoms with Crippen LogP contribution in [0.25, 0.3) is 0 Å². The van der Waals surface area contributed by atoms with Crippen LogP contribution in [-0.2, 0) is 6.42 Å². The van der Waals surface area contributed by atoms with Gasteiger partial charge >= 0.3 is 0 Å². The van der Waals surface area contributed by atoms with E-state index in [-0.39, 0.29) is 11.3 Å². The number of nitrogens with zero attached hydrogens (tertiary/aromatic N) is 3. The number of carbonyl (C=O) groups is 1. The van der Waals surface area contributed by atoms with Gasteiger partial charge in [0.2, 0.25) is 6.79 Å². The van der Waals surface area contributed by atoms with Crippen LogP contribution in [0, 0.1) is 5.41 Å². The van der Waals surface area contributed by atoms with E-state index in [0.717, 1.165) is 62.5 Å². The highest BCUT2D eigenvalue weighted by atomic mass is 16.7. The highest BCUT2D eigenvalue weighted by molar-refractivity contribution is 5.93. The Bertz CT molecular complexity index is 894. The van der Waals surface area contributed by atoms with E-state index < -0.39 is 0 Å². The third-order valence-electron chi connectivity index (χ3n) is 6.00. The van der Waals surface area contributed by atoms with Crippen molar-refractivity contribution >= 4 is 5.91 Å². The first-order valence-electron chi connectivity index (χ1n) is 10.1. The number of rotatable bonds is 4. The number of hydrogen-bond acceptors (Lipinski definition) is 5. The summed E-state index contributed by atoms with van der Waals surface area (Å²) in [6.07, 6.45) is 8.75. The molecular weight excluding hydrogens is 354 g/mol. The van der Waals surface area contributed by atoms with Crippen LogP contribution in [0.1, 0.15) is 60.3 Å². The van der Waals surface area contributed by atoms with E-state index in [1.807, 2.05) is 11.0 Å². The fourth-order valence-corrected chi connectivity index (χ4v) is 4.36. The van der Waals surface area contributed by atoms with Crippen molar-refractivity contribution in [3.05, 3.63) is 47.5 Å². The molecule has 0 spiro atoms. The molecule has 1 amide bonds. The summed E-state index contributed by atoms with van der Waals surface area (Å²) >= 11 is 0. The van der Waals surface area contributed by atoms with Crippen molar-refractivity contribution in [2.75, 3.05) is 19.9 Å². The second-order valence-electron chi connectivity index (χ2n) is 8.61. The van der Waals surface area contributed by atoms with E-state index in [0.29, 0.717) is 18.3 Å². The summed E-state index contributed by atoms with van der Waals surface area (Å²) in [5, 5.41) is 0. The summed E-state index contributed by atoms with van der Waals surface area (Å²) in [5.74, 6) is 3.05. The van der Waals surface area contributed by atoms with Gasteiger partial charge < -0.3 is 14.4 Å². The molecule has 3 aliphatic rings. The molecule has 1 aromatic heterocycles. The first kappa shape index (κ1) is 17.5. The van der Waals surface area contributed by atoms with Crippen LogP contribution < -0.4 is 9.47 Å². The average molecular weight is 379 g/mol. The number of aromatic nitrogens is 2. The Morgan fingerprint density at radius 1 is 1.21 bits per heavy atom. The van der Waals surface area contributed by atoms with E-state index >= 15 is 0 Å². The summed E-state index contributed by atoms with van der Waals surface area (Å²) in [6.45, 7) is 4.09. The van der Waals surface area contributed by atoms with Gasteiger partial charge in [0.1, 0.15) is 5.82 Å². The number of benzene rings is 1. The van der Waals surface area contributed by atoms with E-state index in [1.165, 1.54) is 5.56 Å². The first-order valence-corrected chi connectivity index (χ1v) is 10.1. The monoisotopic (exact) mass is 379 g/mol. The summed E-state index contributed by atoms with van der Waals surface area (Å²) in [6, 6.07) is 6.15. The topological polar surface area (TPSA) is 64.6 Å². The molecule has 6 heteroatoms. The van der Waals surface area contributed by atoms with Crippen LogP contribution in [0.15, 0.2) is 30.6 Å². The maximum absolute atomic E-state index is 13.0.